The van der Waals surface area contributed by atoms with Crippen LogP contribution in [0.1, 0.15) is 32.6 Å². The molecular formula is C22H29N2O7PS. The molecule has 0 radical (unpaired) electrons. The van der Waals surface area contributed by atoms with E-state index >= 15 is 0 Å². The first kappa shape index (κ1) is 27.1. The van der Waals surface area contributed by atoms with E-state index in [1.807, 2.05) is 13.0 Å². The summed E-state index contributed by atoms with van der Waals surface area (Å²) in [6, 6.07) is 0. The van der Waals surface area contributed by atoms with E-state index in [4.69, 9.17) is 14.6 Å². The Kier molecular flexibility index (Phi) is 10.2. The molecule has 9 nitrogen and oxygen atoms in total. The second-order valence-electron chi connectivity index (χ2n) is 7.89. The summed E-state index contributed by atoms with van der Waals surface area (Å²) in [6.07, 6.45) is 10.6. The van der Waals surface area contributed by atoms with E-state index < -0.39 is 24.8 Å². The number of aldehydes is 1. The van der Waals surface area contributed by atoms with Crippen LogP contribution < -0.4 is 0 Å². The predicted molar refractivity (Wildman–Crippen MR) is 128 cm³/mol. The first-order valence-electron chi connectivity index (χ1n) is 10.4. The van der Waals surface area contributed by atoms with E-state index in [9.17, 15) is 18.9 Å². The molecule has 33 heavy (non-hydrogen) atoms. The second-order valence-corrected chi connectivity index (χ2v) is 10.8. The van der Waals surface area contributed by atoms with E-state index in [-0.39, 0.29) is 25.6 Å². The highest BCUT2D eigenvalue weighted by Gasteiger charge is 2.34. The van der Waals surface area contributed by atoms with Crippen molar-refractivity contribution in [2.24, 2.45) is 10.4 Å². The Morgan fingerprint density at radius 3 is 2.55 bits per heavy atom. The fourth-order valence-electron chi connectivity index (χ4n) is 3.13. The Morgan fingerprint density at radius 2 is 1.94 bits per heavy atom. The van der Waals surface area contributed by atoms with Gasteiger partial charge in [-0.2, -0.15) is 16.8 Å². The quantitative estimate of drug-likeness (QED) is 0.131. The number of aliphatic imine (C=N–C) groups is 1. The highest BCUT2D eigenvalue weighted by Crippen LogP contribution is 2.35. The van der Waals surface area contributed by atoms with Crippen LogP contribution in [0, 0.1) is 5.41 Å². The number of unbranched alkanes of at least 4 members (excludes halogenated alkanes) is 1. The van der Waals surface area contributed by atoms with Gasteiger partial charge in [0.05, 0.1) is 17.7 Å². The minimum atomic E-state index is -3.93. The minimum absolute atomic E-state index is 0.0942. The van der Waals surface area contributed by atoms with Crippen molar-refractivity contribution in [1.82, 2.24) is 5.06 Å². The van der Waals surface area contributed by atoms with Crippen molar-refractivity contribution >= 4 is 44.2 Å². The molecule has 1 unspecified atom stereocenters. The number of rotatable bonds is 13. The Balaban J connectivity index is 1.99. The van der Waals surface area contributed by atoms with E-state index in [0.29, 0.717) is 18.4 Å². The minimum Gasteiger partial charge on any atom is -0.324 e. The van der Waals surface area contributed by atoms with Crippen molar-refractivity contribution in [3.8, 4) is 0 Å². The highest BCUT2D eigenvalue weighted by molar-refractivity contribution is 7.99. The number of hydroxylamine groups is 2. The molecule has 1 fully saturated rings. The first-order chi connectivity index (χ1) is 15.6. The van der Waals surface area contributed by atoms with Crippen molar-refractivity contribution in [1.29, 1.82) is 0 Å². The zero-order valence-corrected chi connectivity index (χ0v) is 20.2. The molecule has 0 aromatic carbocycles. The molecule has 0 bridgehead atoms. The fraction of sp³-hybridized carbons (Fsp3) is 0.455. The summed E-state index contributed by atoms with van der Waals surface area (Å²) in [5.41, 5.74) is 1.19. The standard InChI is InChI=1S/C22H29N2O7PS/c1-17(14-33-12-4-3-11-32(28,29)30)13-18-7-9-22(15-25,10-8-19(18)23-2)16-31-24-20(26)5-6-21(24)27/h7-10,13,15H,2-6,11-12,14,16H2,1H3,(H2,28,29,30)/b17-13+. The van der Waals surface area contributed by atoms with Gasteiger partial charge < -0.3 is 14.6 Å². The van der Waals surface area contributed by atoms with E-state index in [1.165, 1.54) is 0 Å². The van der Waals surface area contributed by atoms with Gasteiger partial charge in [0.1, 0.15) is 6.29 Å². The molecule has 11 heteroatoms. The molecule has 1 aliphatic carbocycles. The molecule has 2 N–H and O–H groups in total. The van der Waals surface area contributed by atoms with Crippen LogP contribution in [0.4, 0.5) is 0 Å². The Morgan fingerprint density at radius 1 is 1.27 bits per heavy atom. The normalized spacial score (nSPS) is 21.7. The van der Waals surface area contributed by atoms with Gasteiger partial charge in [-0.1, -0.05) is 29.9 Å². The van der Waals surface area contributed by atoms with Gasteiger partial charge in [-0.3, -0.25) is 24.0 Å². The van der Waals surface area contributed by atoms with Crippen LogP contribution in [0.5, 0.6) is 0 Å². The number of carbonyl (C=O) groups is 3. The summed E-state index contributed by atoms with van der Waals surface area (Å²) in [7, 11) is -3.93. The van der Waals surface area contributed by atoms with Gasteiger partial charge in [0.15, 0.2) is 0 Å². The smallest absolute Gasteiger partial charge is 0.324 e. The maximum absolute atomic E-state index is 11.9. The third kappa shape index (κ3) is 8.64. The summed E-state index contributed by atoms with van der Waals surface area (Å²) in [4.78, 5) is 62.6. The van der Waals surface area contributed by atoms with Crippen LogP contribution in [-0.4, -0.2) is 63.9 Å². The molecule has 2 aliphatic rings. The van der Waals surface area contributed by atoms with Crippen LogP contribution in [0.3, 0.4) is 0 Å². The molecule has 0 aromatic heterocycles. The molecule has 2 amide bonds. The Hall–Kier alpha value is -2.10. The predicted octanol–water partition coefficient (Wildman–Crippen LogP) is 2.97. The molecule has 180 valence electrons. The molecule has 1 heterocycles. The summed E-state index contributed by atoms with van der Waals surface area (Å²) in [6.45, 7) is 5.35. The zero-order valence-electron chi connectivity index (χ0n) is 18.5. The van der Waals surface area contributed by atoms with Crippen molar-refractivity contribution in [3.05, 3.63) is 47.2 Å². The molecule has 1 atom stereocenters. The van der Waals surface area contributed by atoms with Gasteiger partial charge in [-0.15, -0.1) is 0 Å². The topological polar surface area (TPSA) is 134 Å². The number of amides is 2. The van der Waals surface area contributed by atoms with Crippen LogP contribution >= 0.6 is 19.4 Å². The Bertz CT molecular complexity index is 934. The second kappa shape index (κ2) is 12.4. The molecule has 1 saturated heterocycles. The number of allylic oxidation sites excluding steroid dienone is 4. The number of imide groups is 1. The van der Waals surface area contributed by atoms with Crippen LogP contribution in [-0.2, 0) is 23.8 Å². The molecule has 0 saturated carbocycles. The molecular weight excluding hydrogens is 467 g/mol. The largest absolute Gasteiger partial charge is 0.325 e. The Labute approximate surface area is 197 Å². The molecule has 2 rings (SSSR count). The number of hydrogen-bond donors (Lipinski definition) is 2. The van der Waals surface area contributed by atoms with Crippen molar-refractivity contribution < 1.29 is 33.6 Å². The lowest BCUT2D eigenvalue weighted by atomic mass is 9.90. The van der Waals surface area contributed by atoms with Gasteiger partial charge in [0.25, 0.3) is 11.8 Å². The van der Waals surface area contributed by atoms with Gasteiger partial charge in [0.2, 0.25) is 0 Å². The third-order valence-electron chi connectivity index (χ3n) is 4.98. The van der Waals surface area contributed by atoms with Crippen molar-refractivity contribution in [2.45, 2.75) is 32.6 Å². The number of carbonyl (C=O) groups excluding carboxylic acids is 3. The fourth-order valence-corrected chi connectivity index (χ4v) is 4.72. The number of nitrogens with zero attached hydrogens (tertiary/aromatic N) is 2. The van der Waals surface area contributed by atoms with Crippen LogP contribution in [0.15, 0.2) is 52.2 Å². The average Bonchev–Trinajstić information content (AvgIpc) is 2.98. The van der Waals surface area contributed by atoms with Gasteiger partial charge >= 0.3 is 7.60 Å². The summed E-state index contributed by atoms with van der Waals surface area (Å²) in [5.74, 6) is 0.662. The van der Waals surface area contributed by atoms with Crippen LogP contribution in [0.2, 0.25) is 0 Å². The monoisotopic (exact) mass is 496 g/mol. The van der Waals surface area contributed by atoms with E-state index in [0.717, 1.165) is 34.1 Å². The zero-order chi connectivity index (χ0) is 24.5. The number of hydrogen-bond acceptors (Lipinski definition) is 7. The lowest BCUT2D eigenvalue weighted by molar-refractivity contribution is -0.192. The SMILES string of the molecule is C=NC1=C(/C=C(\C)CSCCCCP(=O)(O)O)C=CC(C=O)(CON2C(=O)CCC2=O)C=C1. The maximum Gasteiger partial charge on any atom is 0.325 e. The first-order valence-corrected chi connectivity index (χ1v) is 13.4. The highest BCUT2D eigenvalue weighted by atomic mass is 32.2. The van der Waals surface area contributed by atoms with E-state index in [2.05, 4.69) is 11.7 Å². The maximum atomic E-state index is 11.9. The lowest BCUT2D eigenvalue weighted by Crippen LogP contribution is -2.35. The van der Waals surface area contributed by atoms with Gasteiger partial charge in [0, 0.05) is 24.8 Å². The van der Waals surface area contributed by atoms with Crippen molar-refractivity contribution in [2.75, 3.05) is 24.3 Å². The third-order valence-corrected chi connectivity index (χ3v) is 7.11. The lowest BCUT2D eigenvalue weighted by Gasteiger charge is -2.22. The van der Waals surface area contributed by atoms with Gasteiger partial charge in [-0.25, -0.2) is 0 Å². The summed E-state index contributed by atoms with van der Waals surface area (Å²) in [5, 5.41) is 0.722. The molecule has 0 aromatic rings. The summed E-state index contributed by atoms with van der Waals surface area (Å²) < 4.78 is 10.9. The van der Waals surface area contributed by atoms with E-state index in [1.54, 1.807) is 36.1 Å². The number of thioether (sulfide) groups is 1. The van der Waals surface area contributed by atoms with Gasteiger partial charge in [-0.05, 0) is 43.9 Å². The van der Waals surface area contributed by atoms with Crippen molar-refractivity contribution in [3.63, 3.8) is 0 Å². The van der Waals surface area contributed by atoms with Crippen LogP contribution in [0.25, 0.3) is 0 Å². The molecule has 1 aliphatic heterocycles. The summed E-state index contributed by atoms with van der Waals surface area (Å²) >= 11 is 1.66. The molecule has 0 spiro atoms. The average molecular weight is 497 g/mol.